The molecule has 2 aliphatic rings. The summed E-state index contributed by atoms with van der Waals surface area (Å²) in [5, 5.41) is 4.64. The van der Waals surface area contributed by atoms with Gasteiger partial charge in [-0.2, -0.15) is 0 Å². The Morgan fingerprint density at radius 3 is 2.66 bits per heavy atom. The number of anilines is 2. The SMILES string of the molecule is Cc1cc2c(s1)Nc1ccccc1N=C2N1CC[N+](C)(COP(=O)([O-])OC(C)(C)C)CC1. The Kier molecular flexibility index (Phi) is 6.26. The molecule has 0 bridgehead atoms. The first-order chi connectivity index (χ1) is 14.9. The van der Waals surface area contributed by atoms with E-state index in [0.29, 0.717) is 4.48 Å². The number of phosphoric acid groups is 1. The molecule has 0 aliphatic carbocycles. The van der Waals surface area contributed by atoms with Crippen LogP contribution in [-0.4, -0.2) is 60.8 Å². The van der Waals surface area contributed by atoms with Crippen LogP contribution in [0, 0.1) is 6.92 Å². The number of para-hydroxylation sites is 2. The minimum Gasteiger partial charge on any atom is -0.756 e. The number of rotatable bonds is 4. The van der Waals surface area contributed by atoms with Gasteiger partial charge in [0, 0.05) is 4.88 Å². The maximum absolute atomic E-state index is 12.2. The molecule has 0 spiro atoms. The fraction of sp³-hybridized carbons (Fsp3) is 0.500. The first kappa shape index (κ1) is 23.4. The van der Waals surface area contributed by atoms with Crippen molar-refractivity contribution in [2.45, 2.75) is 33.3 Å². The number of hydrogen-bond acceptors (Lipinski definition) is 8. The van der Waals surface area contributed by atoms with Gasteiger partial charge >= 0.3 is 0 Å². The molecular formula is C22H31N4O4PS. The van der Waals surface area contributed by atoms with Gasteiger partial charge in [-0.05, 0) is 45.9 Å². The topological polar surface area (TPSA) is 86.2 Å². The number of amidine groups is 1. The van der Waals surface area contributed by atoms with E-state index in [2.05, 4.69) is 23.2 Å². The van der Waals surface area contributed by atoms with E-state index in [4.69, 9.17) is 14.0 Å². The molecule has 8 nitrogen and oxygen atoms in total. The van der Waals surface area contributed by atoms with Crippen LogP contribution < -0.4 is 10.2 Å². The standard InChI is InChI=1S/C22H31N4O4PS/c1-16-14-17-20(23-18-8-6-7-9-19(18)24-21(17)32-16)25-10-12-26(5,13-11-25)15-29-31(27,28)30-22(2,3)4/h6-9,14,24H,10-13,15H2,1-5H3. The van der Waals surface area contributed by atoms with Crippen molar-refractivity contribution in [3.05, 3.63) is 40.8 Å². The Hall–Kier alpha value is -1.74. The summed E-state index contributed by atoms with van der Waals surface area (Å²) in [5.74, 6) is 0.958. The first-order valence-corrected chi connectivity index (χ1v) is 13.0. The molecule has 1 unspecified atom stereocenters. The van der Waals surface area contributed by atoms with E-state index in [1.807, 2.05) is 31.3 Å². The first-order valence-electron chi connectivity index (χ1n) is 10.7. The number of benzene rings is 1. The summed E-state index contributed by atoms with van der Waals surface area (Å²) in [6, 6.07) is 10.2. The number of nitrogens with one attached hydrogen (secondary N) is 1. The average molecular weight is 479 g/mol. The Bertz CT molecular complexity index is 1070. The Morgan fingerprint density at radius 1 is 1.28 bits per heavy atom. The summed E-state index contributed by atoms with van der Waals surface area (Å²) in [7, 11) is -2.34. The number of piperazine rings is 1. The minimum absolute atomic E-state index is 0.0599. The van der Waals surface area contributed by atoms with E-state index >= 15 is 0 Å². The monoisotopic (exact) mass is 478 g/mol. The van der Waals surface area contributed by atoms with E-state index in [-0.39, 0.29) is 6.73 Å². The second-order valence-electron chi connectivity index (χ2n) is 9.64. The van der Waals surface area contributed by atoms with Crippen molar-refractivity contribution in [2.75, 3.05) is 45.3 Å². The summed E-state index contributed by atoms with van der Waals surface area (Å²) >= 11 is 1.73. The van der Waals surface area contributed by atoms with Crippen LogP contribution in [0.3, 0.4) is 0 Å². The Morgan fingerprint density at radius 2 is 1.97 bits per heavy atom. The van der Waals surface area contributed by atoms with Gasteiger partial charge in [-0.1, -0.05) is 12.1 Å². The molecule has 4 rings (SSSR count). The molecule has 3 heterocycles. The van der Waals surface area contributed by atoms with E-state index in [9.17, 15) is 9.46 Å². The summed E-state index contributed by atoms with van der Waals surface area (Å²) in [6.45, 7) is 10.2. The summed E-state index contributed by atoms with van der Waals surface area (Å²) in [6.07, 6.45) is 0. The van der Waals surface area contributed by atoms with Crippen LogP contribution in [0.2, 0.25) is 0 Å². The van der Waals surface area contributed by atoms with Crippen molar-refractivity contribution in [3.63, 3.8) is 0 Å². The number of aryl methyl sites for hydroxylation is 1. The van der Waals surface area contributed by atoms with Gasteiger partial charge < -0.3 is 24.1 Å². The van der Waals surface area contributed by atoms with Gasteiger partial charge in [-0.25, -0.2) is 4.99 Å². The van der Waals surface area contributed by atoms with Crippen LogP contribution in [0.4, 0.5) is 16.4 Å². The molecule has 1 fully saturated rings. The largest absolute Gasteiger partial charge is 0.756 e. The maximum Gasteiger partial charge on any atom is 0.272 e. The molecule has 10 heteroatoms. The van der Waals surface area contributed by atoms with E-state index in [1.54, 1.807) is 32.1 Å². The predicted octanol–water partition coefficient (Wildman–Crippen LogP) is 4.21. The van der Waals surface area contributed by atoms with E-state index < -0.39 is 13.4 Å². The molecule has 0 amide bonds. The molecule has 1 N–H and O–H groups in total. The summed E-state index contributed by atoms with van der Waals surface area (Å²) < 4.78 is 23.0. The highest BCUT2D eigenvalue weighted by molar-refractivity contribution is 7.45. The number of aliphatic imine (C=N–C) groups is 1. The highest BCUT2D eigenvalue weighted by Gasteiger charge is 2.34. The number of fused-ring (bicyclic) bond motifs is 2. The molecule has 1 aromatic heterocycles. The van der Waals surface area contributed by atoms with Crippen molar-refractivity contribution in [3.8, 4) is 0 Å². The second kappa shape index (κ2) is 8.56. The lowest BCUT2D eigenvalue weighted by atomic mass is 10.2. The maximum atomic E-state index is 12.2. The molecule has 0 saturated carbocycles. The molecule has 1 atom stereocenters. The lowest BCUT2D eigenvalue weighted by Crippen LogP contribution is -2.59. The van der Waals surface area contributed by atoms with Gasteiger partial charge in [0.05, 0.1) is 55.8 Å². The van der Waals surface area contributed by atoms with Gasteiger partial charge in [-0.3, -0.25) is 9.09 Å². The third kappa shape index (κ3) is 5.42. The van der Waals surface area contributed by atoms with Gasteiger partial charge in [0.25, 0.3) is 7.82 Å². The van der Waals surface area contributed by atoms with Crippen LogP contribution in [0.1, 0.15) is 31.2 Å². The number of phosphoric ester groups is 1. The average Bonchev–Trinajstić information content (AvgIpc) is 2.97. The summed E-state index contributed by atoms with van der Waals surface area (Å²) in [4.78, 5) is 20.7. The molecule has 32 heavy (non-hydrogen) atoms. The van der Waals surface area contributed by atoms with Gasteiger partial charge in [-0.15, -0.1) is 11.3 Å². The van der Waals surface area contributed by atoms with E-state index in [1.165, 1.54) is 4.88 Å². The van der Waals surface area contributed by atoms with Crippen molar-refractivity contribution >= 4 is 41.4 Å². The van der Waals surface area contributed by atoms with Crippen LogP contribution in [-0.2, 0) is 13.6 Å². The third-order valence-electron chi connectivity index (χ3n) is 5.51. The molecule has 0 radical (unpaired) electrons. The van der Waals surface area contributed by atoms with Crippen molar-refractivity contribution in [2.24, 2.45) is 4.99 Å². The smallest absolute Gasteiger partial charge is 0.272 e. The zero-order valence-electron chi connectivity index (χ0n) is 19.3. The molecule has 2 aliphatic heterocycles. The summed E-state index contributed by atoms with van der Waals surface area (Å²) in [5.41, 5.74) is 2.22. The minimum atomic E-state index is -4.36. The van der Waals surface area contributed by atoms with Crippen LogP contribution in [0.5, 0.6) is 0 Å². The predicted molar refractivity (Wildman–Crippen MR) is 127 cm³/mol. The second-order valence-corrected chi connectivity index (χ2v) is 12.2. The molecule has 1 saturated heterocycles. The van der Waals surface area contributed by atoms with Gasteiger partial charge in [0.15, 0.2) is 6.73 Å². The number of quaternary nitrogens is 1. The lowest BCUT2D eigenvalue weighted by Gasteiger charge is -2.43. The van der Waals surface area contributed by atoms with Crippen molar-refractivity contribution < 1.29 is 23.0 Å². The Balaban J connectivity index is 1.49. The highest BCUT2D eigenvalue weighted by atomic mass is 32.1. The fourth-order valence-corrected chi connectivity index (χ4v) is 5.91. The molecule has 2 aromatic rings. The zero-order chi connectivity index (χ0) is 23.1. The zero-order valence-corrected chi connectivity index (χ0v) is 21.0. The quantitative estimate of drug-likeness (QED) is 0.523. The molecule has 174 valence electrons. The van der Waals surface area contributed by atoms with Crippen molar-refractivity contribution in [1.29, 1.82) is 0 Å². The highest BCUT2D eigenvalue weighted by Crippen LogP contribution is 2.43. The van der Waals surface area contributed by atoms with E-state index in [0.717, 1.165) is 54.0 Å². The van der Waals surface area contributed by atoms with Crippen LogP contribution in [0.25, 0.3) is 0 Å². The lowest BCUT2D eigenvalue weighted by molar-refractivity contribution is -0.928. The Labute approximate surface area is 193 Å². The van der Waals surface area contributed by atoms with Gasteiger partial charge in [0.1, 0.15) is 10.8 Å². The number of thiophene rings is 1. The van der Waals surface area contributed by atoms with Crippen molar-refractivity contribution in [1.82, 2.24) is 4.90 Å². The number of hydrogen-bond donors (Lipinski definition) is 1. The van der Waals surface area contributed by atoms with Crippen LogP contribution >= 0.6 is 19.2 Å². The number of nitrogens with zero attached hydrogens (tertiary/aromatic N) is 3. The third-order valence-corrected chi connectivity index (χ3v) is 7.68. The number of likely N-dealkylation sites (N-methyl/N-ethyl adjacent to an activating group) is 1. The van der Waals surface area contributed by atoms with Crippen LogP contribution in [0.15, 0.2) is 35.3 Å². The van der Waals surface area contributed by atoms with Gasteiger partial charge in [0.2, 0.25) is 0 Å². The molecule has 1 aromatic carbocycles. The molecular weight excluding hydrogens is 447 g/mol. The fourth-order valence-electron chi connectivity index (χ4n) is 3.85. The normalized spacial score (nSPS) is 19.8.